The average molecular weight is 282 g/mol. The molecule has 0 aliphatic carbocycles. The van der Waals surface area contributed by atoms with Crippen LogP contribution in [-0.2, 0) is 19.4 Å². The highest BCUT2D eigenvalue weighted by Gasteiger charge is 2.07. The minimum absolute atomic E-state index is 0.105. The zero-order valence-electron chi connectivity index (χ0n) is 13.0. The molecule has 21 heavy (non-hydrogen) atoms. The Morgan fingerprint density at radius 2 is 1.62 bits per heavy atom. The first kappa shape index (κ1) is 15.3. The summed E-state index contributed by atoms with van der Waals surface area (Å²) in [7, 11) is 0. The largest absolute Gasteiger partial charge is 0.489 e. The van der Waals surface area contributed by atoms with E-state index < -0.39 is 0 Å². The third-order valence-corrected chi connectivity index (χ3v) is 3.67. The van der Waals surface area contributed by atoms with Crippen molar-refractivity contribution in [1.29, 1.82) is 0 Å². The van der Waals surface area contributed by atoms with E-state index in [-0.39, 0.29) is 5.78 Å². The lowest BCUT2D eigenvalue weighted by molar-refractivity contribution is 0.101. The van der Waals surface area contributed by atoms with E-state index in [4.69, 9.17) is 4.74 Å². The number of carbonyl (C=O) groups excluding carboxylic acids is 1. The van der Waals surface area contributed by atoms with Gasteiger partial charge in [0.2, 0.25) is 0 Å². The minimum Gasteiger partial charge on any atom is -0.489 e. The summed E-state index contributed by atoms with van der Waals surface area (Å²) in [6.45, 7) is 6.35. The van der Waals surface area contributed by atoms with Crippen molar-refractivity contribution in [3.8, 4) is 5.75 Å². The van der Waals surface area contributed by atoms with Crippen molar-refractivity contribution in [3.63, 3.8) is 0 Å². The van der Waals surface area contributed by atoms with Crippen molar-refractivity contribution in [2.24, 2.45) is 0 Å². The van der Waals surface area contributed by atoms with Crippen LogP contribution in [0, 0.1) is 0 Å². The molecule has 0 fully saturated rings. The molecule has 2 heteroatoms. The molecule has 0 amide bonds. The Labute approximate surface area is 126 Å². The second kappa shape index (κ2) is 7.07. The number of carbonyl (C=O) groups is 1. The lowest BCUT2D eigenvalue weighted by Crippen LogP contribution is -2.01. The summed E-state index contributed by atoms with van der Waals surface area (Å²) >= 11 is 0. The zero-order chi connectivity index (χ0) is 15.2. The van der Waals surface area contributed by atoms with E-state index >= 15 is 0 Å². The molecule has 110 valence electrons. The smallest absolute Gasteiger partial charge is 0.160 e. The molecular formula is C19H22O2. The van der Waals surface area contributed by atoms with Gasteiger partial charge in [-0.3, -0.25) is 4.79 Å². The van der Waals surface area contributed by atoms with Gasteiger partial charge in [0.25, 0.3) is 0 Å². The Morgan fingerprint density at radius 1 is 0.952 bits per heavy atom. The predicted molar refractivity (Wildman–Crippen MR) is 86.0 cm³/mol. The summed E-state index contributed by atoms with van der Waals surface area (Å²) in [4.78, 5) is 11.5. The maximum atomic E-state index is 11.5. The van der Waals surface area contributed by atoms with E-state index in [9.17, 15) is 4.79 Å². The molecule has 0 atom stereocenters. The maximum Gasteiger partial charge on any atom is 0.160 e. The number of aryl methyl sites for hydroxylation is 2. The number of Topliss-reactive ketones (excluding diaryl/α,β-unsaturated/α-hetero) is 1. The fourth-order valence-corrected chi connectivity index (χ4v) is 2.33. The van der Waals surface area contributed by atoms with Gasteiger partial charge >= 0.3 is 0 Å². The van der Waals surface area contributed by atoms with Crippen molar-refractivity contribution >= 4 is 5.78 Å². The molecule has 0 spiro atoms. The average Bonchev–Trinajstić information content (AvgIpc) is 2.52. The molecule has 2 nitrogen and oxygen atoms in total. The Bertz CT molecular complexity index is 612. The molecule has 0 saturated carbocycles. The van der Waals surface area contributed by atoms with Gasteiger partial charge in [-0.2, -0.15) is 0 Å². The van der Waals surface area contributed by atoms with Crippen LogP contribution in [0.25, 0.3) is 0 Å². The highest BCUT2D eigenvalue weighted by atomic mass is 16.5. The Kier molecular flexibility index (Phi) is 5.15. The molecular weight excluding hydrogens is 260 g/mol. The molecule has 0 unspecified atom stereocenters. The fourth-order valence-electron chi connectivity index (χ4n) is 2.33. The van der Waals surface area contributed by atoms with Crippen LogP contribution in [0.2, 0.25) is 0 Å². The van der Waals surface area contributed by atoms with E-state index in [2.05, 4.69) is 38.1 Å². The van der Waals surface area contributed by atoms with Gasteiger partial charge in [0.15, 0.2) is 5.78 Å². The normalized spacial score (nSPS) is 10.4. The number of hydrogen-bond acceptors (Lipinski definition) is 2. The Hall–Kier alpha value is -2.09. The lowest BCUT2D eigenvalue weighted by atomic mass is 10.0. The molecule has 2 aromatic carbocycles. The van der Waals surface area contributed by atoms with Gasteiger partial charge in [-0.1, -0.05) is 38.1 Å². The third kappa shape index (κ3) is 3.94. The predicted octanol–water partition coefficient (Wildman–Crippen LogP) is 4.59. The molecule has 0 saturated heterocycles. The van der Waals surface area contributed by atoms with Gasteiger partial charge in [0.1, 0.15) is 12.4 Å². The summed E-state index contributed by atoms with van der Waals surface area (Å²) in [6, 6.07) is 14.2. The topological polar surface area (TPSA) is 26.3 Å². The van der Waals surface area contributed by atoms with Gasteiger partial charge in [-0.15, -0.1) is 0 Å². The summed E-state index contributed by atoms with van der Waals surface area (Å²) in [5, 5.41) is 0. The van der Waals surface area contributed by atoms with Crippen molar-refractivity contribution < 1.29 is 9.53 Å². The molecule has 0 radical (unpaired) electrons. The SMILES string of the molecule is CCc1ccc(COc2ccc(C(C)=O)c(CC)c2)cc1. The summed E-state index contributed by atoms with van der Waals surface area (Å²) in [6.07, 6.45) is 1.88. The Balaban J connectivity index is 2.07. The first-order valence-electron chi connectivity index (χ1n) is 7.48. The van der Waals surface area contributed by atoms with Gasteiger partial charge in [-0.05, 0) is 54.7 Å². The zero-order valence-corrected chi connectivity index (χ0v) is 13.0. The van der Waals surface area contributed by atoms with E-state index in [0.717, 1.165) is 35.3 Å². The molecule has 0 aliphatic heterocycles. The molecule has 0 aromatic heterocycles. The first-order valence-corrected chi connectivity index (χ1v) is 7.48. The van der Waals surface area contributed by atoms with E-state index in [1.54, 1.807) is 6.92 Å². The standard InChI is InChI=1S/C19H22O2/c1-4-15-6-8-16(9-7-15)13-21-18-10-11-19(14(3)20)17(5-2)12-18/h6-12H,4-5,13H2,1-3H3. The Morgan fingerprint density at radius 3 is 2.19 bits per heavy atom. The summed E-state index contributed by atoms with van der Waals surface area (Å²) in [5.41, 5.74) is 4.32. The van der Waals surface area contributed by atoms with Crippen LogP contribution < -0.4 is 4.74 Å². The second-order valence-corrected chi connectivity index (χ2v) is 5.19. The van der Waals surface area contributed by atoms with Crippen LogP contribution in [0.1, 0.15) is 47.8 Å². The first-order chi connectivity index (χ1) is 10.1. The monoisotopic (exact) mass is 282 g/mol. The third-order valence-electron chi connectivity index (χ3n) is 3.67. The van der Waals surface area contributed by atoms with Gasteiger partial charge in [-0.25, -0.2) is 0 Å². The van der Waals surface area contributed by atoms with Crippen molar-refractivity contribution in [1.82, 2.24) is 0 Å². The van der Waals surface area contributed by atoms with Crippen LogP contribution in [-0.4, -0.2) is 5.78 Å². The van der Waals surface area contributed by atoms with Crippen molar-refractivity contribution in [3.05, 3.63) is 64.7 Å². The van der Waals surface area contributed by atoms with Crippen molar-refractivity contribution in [2.45, 2.75) is 40.2 Å². The molecule has 0 N–H and O–H groups in total. The van der Waals surface area contributed by atoms with Crippen LogP contribution in [0.15, 0.2) is 42.5 Å². The summed E-state index contributed by atoms with van der Waals surface area (Å²) in [5.74, 6) is 0.921. The number of ketones is 1. The number of hydrogen-bond donors (Lipinski definition) is 0. The van der Waals surface area contributed by atoms with Crippen LogP contribution in [0.4, 0.5) is 0 Å². The molecule has 2 aromatic rings. The highest BCUT2D eigenvalue weighted by molar-refractivity contribution is 5.95. The maximum absolute atomic E-state index is 11.5. The van der Waals surface area contributed by atoms with E-state index in [1.807, 2.05) is 18.2 Å². The molecule has 0 aliphatic rings. The molecule has 0 bridgehead atoms. The quantitative estimate of drug-likeness (QED) is 0.724. The second-order valence-electron chi connectivity index (χ2n) is 5.19. The molecule has 2 rings (SSSR count). The van der Waals surface area contributed by atoms with E-state index in [0.29, 0.717) is 6.61 Å². The summed E-state index contributed by atoms with van der Waals surface area (Å²) < 4.78 is 5.83. The van der Waals surface area contributed by atoms with Crippen LogP contribution >= 0.6 is 0 Å². The van der Waals surface area contributed by atoms with E-state index in [1.165, 1.54) is 5.56 Å². The van der Waals surface area contributed by atoms with Crippen LogP contribution in [0.3, 0.4) is 0 Å². The number of rotatable bonds is 6. The highest BCUT2D eigenvalue weighted by Crippen LogP contribution is 2.20. The minimum atomic E-state index is 0.105. The number of ether oxygens (including phenoxy) is 1. The van der Waals surface area contributed by atoms with Crippen LogP contribution in [0.5, 0.6) is 5.75 Å². The van der Waals surface area contributed by atoms with Gasteiger partial charge in [0.05, 0.1) is 0 Å². The van der Waals surface area contributed by atoms with Crippen molar-refractivity contribution in [2.75, 3.05) is 0 Å². The van der Waals surface area contributed by atoms with Gasteiger partial charge in [0, 0.05) is 5.56 Å². The molecule has 0 heterocycles. The fraction of sp³-hybridized carbons (Fsp3) is 0.316. The number of benzene rings is 2. The lowest BCUT2D eigenvalue weighted by Gasteiger charge is -2.10. The van der Waals surface area contributed by atoms with Gasteiger partial charge < -0.3 is 4.74 Å².